The zero-order valence-electron chi connectivity index (χ0n) is 32.6. The maximum Gasteiger partial charge on any atom is 0.303 e. The van der Waals surface area contributed by atoms with E-state index in [9.17, 15) is 19.2 Å². The first-order chi connectivity index (χ1) is 24.0. The minimum Gasteiger partial charge on any atom is -0.463 e. The van der Waals surface area contributed by atoms with Crippen molar-refractivity contribution in [3.63, 3.8) is 0 Å². The predicted molar refractivity (Wildman–Crippen MR) is 192 cm³/mol. The molecule has 14 atom stereocenters. The molecule has 1 heterocycles. The van der Waals surface area contributed by atoms with Crippen LogP contribution in [0, 0.1) is 52.3 Å². The Bertz CT molecular complexity index is 1300. The number of hydrogen-bond donors (Lipinski definition) is 1. The fourth-order valence-corrected chi connectivity index (χ4v) is 11.3. The van der Waals surface area contributed by atoms with E-state index < -0.39 is 48.6 Å². The molecule has 14 unspecified atom stereocenters. The standard InChI is InChI=1S/C41H65NO9/c1-23(2)11-10-12-24(3)32-15-16-33-31-14-13-29-21-30(17-19-40(29,8)34(31)18-20-41(32,33)9)50-39-36(42-25(4)43)38(49-28(7)46)37(48-27(6)45)35(51-39)22-47-26(5)44/h13-14,23-24,29-39H,10-12,15-22H2,1-9H3,(H,42,43). The van der Waals surface area contributed by atoms with Crippen molar-refractivity contribution in [1.29, 1.82) is 0 Å². The number of carbonyl (C=O) groups is 4. The van der Waals surface area contributed by atoms with Gasteiger partial charge in [-0.1, -0.05) is 66.0 Å². The van der Waals surface area contributed by atoms with Crippen LogP contribution in [0.4, 0.5) is 0 Å². The Morgan fingerprint density at radius 2 is 1.49 bits per heavy atom. The molecule has 3 saturated carbocycles. The van der Waals surface area contributed by atoms with Gasteiger partial charge in [-0.15, -0.1) is 0 Å². The summed E-state index contributed by atoms with van der Waals surface area (Å²) < 4.78 is 29.6. The molecule has 1 N–H and O–H groups in total. The zero-order chi connectivity index (χ0) is 37.2. The summed E-state index contributed by atoms with van der Waals surface area (Å²) in [5.74, 6) is 2.54. The van der Waals surface area contributed by atoms with Gasteiger partial charge in [-0.05, 0) is 97.2 Å². The van der Waals surface area contributed by atoms with Crippen LogP contribution >= 0.6 is 0 Å². The molecule has 4 aliphatic carbocycles. The minimum atomic E-state index is -1.13. The predicted octanol–water partition coefficient (Wildman–Crippen LogP) is 6.93. The van der Waals surface area contributed by atoms with Crippen LogP contribution in [0.1, 0.15) is 127 Å². The van der Waals surface area contributed by atoms with Crippen molar-refractivity contribution in [3.05, 3.63) is 12.2 Å². The van der Waals surface area contributed by atoms with E-state index in [-0.39, 0.29) is 24.0 Å². The van der Waals surface area contributed by atoms with E-state index in [0.717, 1.165) is 42.9 Å². The van der Waals surface area contributed by atoms with Gasteiger partial charge in [0.1, 0.15) is 18.8 Å². The highest BCUT2D eigenvalue weighted by Gasteiger charge is 2.60. The summed E-state index contributed by atoms with van der Waals surface area (Å²) in [6.07, 6.45) is 12.5. The molecular formula is C41H65NO9. The SMILES string of the molecule is CC(=O)NC1C(OC2CCC3(C)C(C=CC4C3CCC3(C)C(C(C)CCCC(C)C)CCC43)C2)OC(COC(C)=O)C(OC(C)=O)C1OC(C)=O. The highest BCUT2D eigenvalue weighted by molar-refractivity contribution is 5.73. The normalized spacial score (nSPS) is 40.7. The van der Waals surface area contributed by atoms with Crippen molar-refractivity contribution < 1.29 is 42.9 Å². The number of rotatable bonds is 12. The van der Waals surface area contributed by atoms with Crippen LogP contribution in [-0.2, 0) is 42.9 Å². The third-order valence-electron chi connectivity index (χ3n) is 13.7. The molecule has 5 aliphatic rings. The Morgan fingerprint density at radius 1 is 0.824 bits per heavy atom. The molecular weight excluding hydrogens is 650 g/mol. The van der Waals surface area contributed by atoms with Gasteiger partial charge in [-0.2, -0.15) is 0 Å². The van der Waals surface area contributed by atoms with Crippen molar-refractivity contribution in [2.75, 3.05) is 6.61 Å². The number of ether oxygens (including phenoxy) is 5. The van der Waals surface area contributed by atoms with Crippen molar-refractivity contribution in [3.8, 4) is 0 Å². The number of esters is 3. The lowest BCUT2D eigenvalue weighted by atomic mass is 9.46. The molecule has 10 nitrogen and oxygen atoms in total. The zero-order valence-corrected chi connectivity index (χ0v) is 32.6. The van der Waals surface area contributed by atoms with E-state index in [1.807, 2.05) is 0 Å². The quantitative estimate of drug-likeness (QED) is 0.130. The molecule has 0 aromatic heterocycles. The number of nitrogens with one attached hydrogen (secondary N) is 1. The van der Waals surface area contributed by atoms with E-state index in [1.165, 1.54) is 72.6 Å². The average molecular weight is 716 g/mol. The summed E-state index contributed by atoms with van der Waals surface area (Å²) in [4.78, 5) is 48.7. The Labute approximate surface area is 305 Å². The first-order valence-corrected chi connectivity index (χ1v) is 19.8. The number of hydrogen-bond acceptors (Lipinski definition) is 9. The van der Waals surface area contributed by atoms with Gasteiger partial charge in [0, 0.05) is 27.7 Å². The van der Waals surface area contributed by atoms with Crippen LogP contribution in [0.5, 0.6) is 0 Å². The van der Waals surface area contributed by atoms with Gasteiger partial charge < -0.3 is 29.0 Å². The van der Waals surface area contributed by atoms with Crippen molar-refractivity contribution in [1.82, 2.24) is 5.32 Å². The smallest absolute Gasteiger partial charge is 0.303 e. The van der Waals surface area contributed by atoms with Gasteiger partial charge in [0.2, 0.25) is 5.91 Å². The third kappa shape index (κ3) is 8.69. The Kier molecular flexibility index (Phi) is 12.7. The third-order valence-corrected chi connectivity index (χ3v) is 13.7. The lowest BCUT2D eigenvalue weighted by molar-refractivity contribution is -0.292. The molecule has 0 bridgehead atoms. The summed E-state index contributed by atoms with van der Waals surface area (Å²) in [5, 5.41) is 2.84. The maximum atomic E-state index is 12.5. The van der Waals surface area contributed by atoms with Gasteiger partial charge in [0.05, 0.1) is 6.10 Å². The Hall–Kier alpha value is -2.46. The highest BCUT2D eigenvalue weighted by atomic mass is 16.7. The molecule has 0 spiro atoms. The molecule has 1 aliphatic heterocycles. The largest absolute Gasteiger partial charge is 0.463 e. The molecule has 0 aromatic carbocycles. The Morgan fingerprint density at radius 3 is 2.14 bits per heavy atom. The van der Waals surface area contributed by atoms with E-state index in [4.69, 9.17) is 23.7 Å². The van der Waals surface area contributed by atoms with Gasteiger partial charge in [-0.25, -0.2) is 0 Å². The van der Waals surface area contributed by atoms with Crippen molar-refractivity contribution >= 4 is 23.8 Å². The van der Waals surface area contributed by atoms with Crippen LogP contribution in [-0.4, -0.2) is 67.2 Å². The summed E-state index contributed by atoms with van der Waals surface area (Å²) >= 11 is 0. The molecule has 288 valence electrons. The molecule has 1 amide bonds. The van der Waals surface area contributed by atoms with Crippen LogP contribution in [0.25, 0.3) is 0 Å². The Balaban J connectivity index is 1.32. The van der Waals surface area contributed by atoms with Crippen LogP contribution in [0.3, 0.4) is 0 Å². The van der Waals surface area contributed by atoms with E-state index in [1.54, 1.807) is 0 Å². The van der Waals surface area contributed by atoms with Crippen LogP contribution in [0.15, 0.2) is 12.2 Å². The first kappa shape index (κ1) is 39.7. The first-order valence-electron chi connectivity index (χ1n) is 19.8. The van der Waals surface area contributed by atoms with Gasteiger partial charge in [0.25, 0.3) is 0 Å². The molecule has 0 aromatic rings. The highest BCUT2D eigenvalue weighted by Crippen LogP contribution is 2.67. The molecule has 0 radical (unpaired) electrons. The van der Waals surface area contributed by atoms with E-state index in [2.05, 4.69) is 52.1 Å². The monoisotopic (exact) mass is 715 g/mol. The molecule has 51 heavy (non-hydrogen) atoms. The number of allylic oxidation sites excluding steroid dienone is 2. The summed E-state index contributed by atoms with van der Waals surface area (Å²) in [6, 6.07) is -0.956. The summed E-state index contributed by atoms with van der Waals surface area (Å²) in [7, 11) is 0. The van der Waals surface area contributed by atoms with Crippen LogP contribution in [0.2, 0.25) is 0 Å². The average Bonchev–Trinajstić information content (AvgIpc) is 3.39. The fourth-order valence-electron chi connectivity index (χ4n) is 11.3. The second-order valence-electron chi connectivity index (χ2n) is 17.6. The van der Waals surface area contributed by atoms with Gasteiger partial charge in [-0.3, -0.25) is 19.2 Å². The van der Waals surface area contributed by atoms with Crippen molar-refractivity contribution in [2.45, 2.75) is 163 Å². The van der Waals surface area contributed by atoms with Gasteiger partial charge >= 0.3 is 17.9 Å². The number of fused-ring (bicyclic) bond motifs is 5. The molecule has 10 heteroatoms. The van der Waals surface area contributed by atoms with Crippen LogP contribution < -0.4 is 5.32 Å². The second-order valence-corrected chi connectivity index (χ2v) is 17.6. The number of carbonyl (C=O) groups excluding carboxylic acids is 4. The topological polar surface area (TPSA) is 126 Å². The lowest BCUT2D eigenvalue weighted by Gasteiger charge is -2.59. The second kappa shape index (κ2) is 16.3. The van der Waals surface area contributed by atoms with Gasteiger partial charge in [0.15, 0.2) is 18.5 Å². The lowest BCUT2D eigenvalue weighted by Crippen LogP contribution is -2.67. The fraction of sp³-hybridized carbons (Fsp3) is 0.854. The summed E-state index contributed by atoms with van der Waals surface area (Å²) in [6.45, 7) is 17.2. The van der Waals surface area contributed by atoms with E-state index in [0.29, 0.717) is 23.2 Å². The maximum absolute atomic E-state index is 12.5. The number of amides is 1. The van der Waals surface area contributed by atoms with Crippen molar-refractivity contribution in [2.24, 2.45) is 52.3 Å². The molecule has 5 rings (SSSR count). The molecule has 1 saturated heterocycles. The molecule has 4 fully saturated rings. The summed E-state index contributed by atoms with van der Waals surface area (Å²) in [5.41, 5.74) is 0.582. The minimum absolute atomic E-state index is 0.171. The van der Waals surface area contributed by atoms with E-state index >= 15 is 0 Å².